The Bertz CT molecular complexity index is 165. The van der Waals surface area contributed by atoms with E-state index in [0.29, 0.717) is 0 Å². The van der Waals surface area contributed by atoms with E-state index in [4.69, 9.17) is 5.11 Å². The summed E-state index contributed by atoms with van der Waals surface area (Å²) in [5.74, 6) is 0. The molecule has 0 aliphatic rings. The molecule has 0 spiro atoms. The van der Waals surface area contributed by atoms with E-state index in [1.165, 1.54) is 0 Å². The zero-order valence-corrected chi connectivity index (χ0v) is 5.44. The molecule has 0 bridgehead atoms. The summed E-state index contributed by atoms with van der Waals surface area (Å²) < 4.78 is 81.8. The Hall–Kier alpha value is -1.23. The zero-order valence-electron chi connectivity index (χ0n) is 5.44. The van der Waals surface area contributed by atoms with Gasteiger partial charge in [-0.25, -0.2) is 0 Å². The Labute approximate surface area is 65.3 Å². The van der Waals surface area contributed by atoms with Crippen LogP contribution in [0.25, 0.3) is 0 Å². The molecule has 0 aromatic carbocycles. The van der Waals surface area contributed by atoms with Crippen molar-refractivity contribution < 1.29 is 45.3 Å². The van der Waals surface area contributed by atoms with E-state index in [0.717, 1.165) is 0 Å². The van der Waals surface area contributed by atoms with Crippen LogP contribution in [0.5, 0.6) is 0 Å². The molecule has 12 heteroatoms. The second kappa shape index (κ2) is 5.43. The molecule has 0 amide bonds. The maximum Gasteiger partial charge on any atom is 0.673 e. The van der Waals surface area contributed by atoms with Gasteiger partial charge in [-0.05, 0) is 0 Å². The van der Waals surface area contributed by atoms with Gasteiger partial charge in [0, 0.05) is 17.9 Å². The summed E-state index contributed by atoms with van der Waals surface area (Å²) >= 11 is 0. The van der Waals surface area contributed by atoms with Crippen LogP contribution in [0.1, 0.15) is 0 Å². The SMILES string of the molecule is F[B-](F)(F)F.OC(N(F)F)=[N+](F)F. The molecule has 3 nitrogen and oxygen atoms in total. The fraction of sp³-hybridized carbons (Fsp3) is 0. The van der Waals surface area contributed by atoms with Gasteiger partial charge in [-0.15, -0.1) is 0 Å². The number of halogens is 8. The van der Waals surface area contributed by atoms with E-state index in [2.05, 4.69) is 0 Å². The van der Waals surface area contributed by atoms with Gasteiger partial charge in [0.1, 0.15) is 0 Å². The molecule has 0 rings (SSSR count). The van der Waals surface area contributed by atoms with Crippen LogP contribution < -0.4 is 0 Å². The molecule has 0 aliphatic carbocycles. The standard InChI is InChI=1S/CF4N2O.BF4/c2-6(3)1(8)7(4)5;2-1(3,4)5/q;-1/p+1. The number of aliphatic hydroxyl groups excluding tert-OH is 1. The van der Waals surface area contributed by atoms with Crippen molar-refractivity contribution in [1.82, 2.24) is 5.34 Å². The molecule has 0 unspecified atom stereocenters. The first-order chi connectivity index (χ1) is 5.55. The van der Waals surface area contributed by atoms with Gasteiger partial charge < -0.3 is 22.4 Å². The lowest BCUT2D eigenvalue weighted by Crippen LogP contribution is -2.18. The average molecular weight is 220 g/mol. The summed E-state index contributed by atoms with van der Waals surface area (Å²) in [5, 5.41) is 3.25. The summed E-state index contributed by atoms with van der Waals surface area (Å²) in [7, 11) is -6.00. The molecule has 0 fully saturated rings. The second-order valence-electron chi connectivity index (χ2n) is 1.26. The van der Waals surface area contributed by atoms with Gasteiger partial charge >= 0.3 is 13.3 Å². The number of rotatable bonds is 0. The Kier molecular flexibility index (Phi) is 5.97. The van der Waals surface area contributed by atoms with Gasteiger partial charge in [-0.1, -0.05) is 0 Å². The Balaban J connectivity index is 0. The largest absolute Gasteiger partial charge is 0.673 e. The fourth-order valence-corrected chi connectivity index (χ4v) is 0.0571. The lowest BCUT2D eigenvalue weighted by Gasteiger charge is -1.94. The van der Waals surface area contributed by atoms with Crippen molar-refractivity contribution in [3.8, 4) is 0 Å². The van der Waals surface area contributed by atoms with Crippen LogP contribution in [0.4, 0.5) is 35.2 Å². The zero-order chi connectivity index (χ0) is 11.2. The summed E-state index contributed by atoms with van der Waals surface area (Å²) in [6.07, 6.45) is 0. The highest BCUT2D eigenvalue weighted by molar-refractivity contribution is 6.50. The minimum atomic E-state index is -6.00. The lowest BCUT2D eigenvalue weighted by molar-refractivity contribution is -0.861. The van der Waals surface area contributed by atoms with E-state index >= 15 is 0 Å². The topological polar surface area (TPSA) is 26.5 Å². The number of amidine groups is 1. The van der Waals surface area contributed by atoms with Crippen LogP contribution in [-0.2, 0) is 0 Å². The Morgan fingerprint density at radius 3 is 1.31 bits per heavy atom. The number of nitrogens with zero attached hydrogens (tertiary/aromatic N) is 2. The highest BCUT2D eigenvalue weighted by atomic mass is 19.5. The molecule has 13 heavy (non-hydrogen) atoms. The summed E-state index contributed by atoms with van der Waals surface area (Å²) in [6, 6.07) is -2.40. The molecule has 0 aromatic heterocycles. The van der Waals surface area contributed by atoms with Crippen molar-refractivity contribution in [3.63, 3.8) is 0 Å². The predicted molar refractivity (Wildman–Crippen MR) is 24.4 cm³/mol. The van der Waals surface area contributed by atoms with Gasteiger partial charge in [0.15, 0.2) is 10.4 Å². The van der Waals surface area contributed by atoms with E-state index in [9.17, 15) is 35.2 Å². The normalized spacial score (nSPS) is 9.85. The monoisotopic (exact) mass is 220 g/mol. The lowest BCUT2D eigenvalue weighted by atomic mass is 10.3. The molecule has 0 atom stereocenters. The average Bonchev–Trinajstić information content (AvgIpc) is 1.81. The van der Waals surface area contributed by atoms with Crippen molar-refractivity contribution in [1.29, 1.82) is 0 Å². The quantitative estimate of drug-likeness (QED) is 0.222. The van der Waals surface area contributed by atoms with Gasteiger partial charge in [0.05, 0.1) is 0 Å². The molecule has 0 saturated heterocycles. The fourth-order valence-electron chi connectivity index (χ4n) is 0.0571. The van der Waals surface area contributed by atoms with E-state index in [1.54, 1.807) is 0 Å². The van der Waals surface area contributed by atoms with Crippen LogP contribution in [-0.4, -0.2) is 28.7 Å². The molecule has 0 radical (unpaired) electrons. The van der Waals surface area contributed by atoms with Crippen molar-refractivity contribution in [2.45, 2.75) is 0 Å². The van der Waals surface area contributed by atoms with Crippen LogP contribution in [0.2, 0.25) is 0 Å². The van der Waals surface area contributed by atoms with Crippen LogP contribution in [0.3, 0.4) is 0 Å². The molecular weight excluding hydrogens is 219 g/mol. The molecule has 0 aliphatic heterocycles. The van der Waals surface area contributed by atoms with Crippen molar-refractivity contribution in [2.24, 2.45) is 0 Å². The molecule has 0 saturated carbocycles. The summed E-state index contributed by atoms with van der Waals surface area (Å²) in [4.78, 5) is 0. The van der Waals surface area contributed by atoms with E-state index < -0.39 is 23.6 Å². The molecule has 0 heterocycles. The van der Waals surface area contributed by atoms with Crippen LogP contribution in [0.15, 0.2) is 0 Å². The van der Waals surface area contributed by atoms with Gasteiger partial charge in [0.2, 0.25) is 0 Å². The molecule has 80 valence electrons. The highest BCUT2D eigenvalue weighted by Gasteiger charge is 2.26. The molecule has 0 aromatic rings. The van der Waals surface area contributed by atoms with Gasteiger partial charge in [-0.3, -0.25) is 0 Å². The Morgan fingerprint density at radius 2 is 1.31 bits per heavy atom. The maximum atomic E-state index is 10.7. The van der Waals surface area contributed by atoms with E-state index in [1.807, 2.05) is 0 Å². The molecular formula is CHBF8N2O. The first kappa shape index (κ1) is 14.3. The second-order valence-corrected chi connectivity index (χ2v) is 1.26. The van der Waals surface area contributed by atoms with Crippen molar-refractivity contribution in [3.05, 3.63) is 0 Å². The third-order valence-electron chi connectivity index (χ3n) is 0.302. The highest BCUT2D eigenvalue weighted by Crippen LogP contribution is 2.06. The molecule has 1 N–H and O–H groups in total. The van der Waals surface area contributed by atoms with Crippen LogP contribution in [0, 0.1) is 0 Å². The summed E-state index contributed by atoms with van der Waals surface area (Å²) in [6.45, 7) is 0. The minimum Gasteiger partial charge on any atom is -0.438 e. The third kappa shape index (κ3) is 18.1. The minimum absolute atomic E-state index is 2.11. The van der Waals surface area contributed by atoms with E-state index in [-0.39, 0.29) is 0 Å². The number of aliphatic hydroxyl groups is 1. The third-order valence-corrected chi connectivity index (χ3v) is 0.302. The Morgan fingerprint density at radius 1 is 1.08 bits per heavy atom. The first-order valence-corrected chi connectivity index (χ1v) is 2.22. The smallest absolute Gasteiger partial charge is 0.438 e. The maximum absolute atomic E-state index is 10.7. The van der Waals surface area contributed by atoms with Gasteiger partial charge in [-0.2, -0.15) is 0 Å². The van der Waals surface area contributed by atoms with Crippen LogP contribution >= 0.6 is 0 Å². The van der Waals surface area contributed by atoms with Crippen molar-refractivity contribution in [2.75, 3.05) is 0 Å². The van der Waals surface area contributed by atoms with Crippen molar-refractivity contribution >= 4 is 13.3 Å². The number of hydrogen-bond donors (Lipinski definition) is 1. The first-order valence-electron chi connectivity index (χ1n) is 2.22. The number of hydrogen-bond acceptors (Lipinski definition) is 0. The summed E-state index contributed by atoms with van der Waals surface area (Å²) in [5.41, 5.74) is 0. The van der Waals surface area contributed by atoms with Gasteiger partial charge in [0.25, 0.3) is 0 Å². The predicted octanol–water partition coefficient (Wildman–Crippen LogP) is 2.05.